The molecule has 0 radical (unpaired) electrons. The van der Waals surface area contributed by atoms with Crippen LogP contribution in [-0.4, -0.2) is 11.3 Å². The second-order valence-corrected chi connectivity index (χ2v) is 3.22. The summed E-state index contributed by atoms with van der Waals surface area (Å²) in [6.07, 6.45) is 6.33. The van der Waals surface area contributed by atoms with Crippen molar-refractivity contribution in [2.24, 2.45) is 0 Å². The number of hydrogen-bond acceptors (Lipinski definition) is 2. The van der Waals surface area contributed by atoms with E-state index in [0.717, 1.165) is 17.5 Å². The smallest absolute Gasteiger partial charge is 0.151 e. The number of rotatable bonds is 2. The van der Waals surface area contributed by atoms with Crippen molar-refractivity contribution in [1.82, 2.24) is 4.98 Å². The summed E-state index contributed by atoms with van der Waals surface area (Å²) in [7, 11) is 0. The largest absolute Gasteiger partial charge is 0.298 e. The summed E-state index contributed by atoms with van der Waals surface area (Å²) < 4.78 is 0. The van der Waals surface area contributed by atoms with Gasteiger partial charge in [-0.05, 0) is 25.0 Å². The standard InChI is InChI=1S/C10H11NO/c12-7-9-5-2-6-11-10(9)8-3-1-4-8/h2,5-8H,1,3-4H2. The highest BCUT2D eigenvalue weighted by Gasteiger charge is 2.22. The van der Waals surface area contributed by atoms with Gasteiger partial charge in [-0.2, -0.15) is 0 Å². The molecule has 0 saturated heterocycles. The van der Waals surface area contributed by atoms with Gasteiger partial charge in [0.1, 0.15) is 0 Å². The lowest BCUT2D eigenvalue weighted by molar-refractivity contribution is 0.112. The van der Waals surface area contributed by atoms with Gasteiger partial charge in [0.2, 0.25) is 0 Å². The average molecular weight is 161 g/mol. The molecule has 2 rings (SSSR count). The van der Waals surface area contributed by atoms with Crippen LogP contribution in [0.4, 0.5) is 0 Å². The van der Waals surface area contributed by atoms with Crippen LogP contribution in [0, 0.1) is 0 Å². The monoisotopic (exact) mass is 161 g/mol. The number of carbonyl (C=O) groups is 1. The van der Waals surface area contributed by atoms with Gasteiger partial charge in [0.15, 0.2) is 6.29 Å². The molecule has 0 N–H and O–H groups in total. The summed E-state index contributed by atoms with van der Waals surface area (Å²) in [5.41, 5.74) is 1.76. The minimum atomic E-state index is 0.548. The lowest BCUT2D eigenvalue weighted by Gasteiger charge is -2.25. The van der Waals surface area contributed by atoms with E-state index in [1.165, 1.54) is 19.3 Å². The van der Waals surface area contributed by atoms with Crippen LogP contribution in [0.3, 0.4) is 0 Å². The highest BCUT2D eigenvalue weighted by Crippen LogP contribution is 2.36. The minimum absolute atomic E-state index is 0.548. The fraction of sp³-hybridized carbons (Fsp3) is 0.400. The summed E-state index contributed by atoms with van der Waals surface area (Å²) in [5.74, 6) is 0.548. The maximum Gasteiger partial charge on any atom is 0.151 e. The number of hydrogen-bond donors (Lipinski definition) is 0. The first kappa shape index (κ1) is 7.47. The van der Waals surface area contributed by atoms with E-state index in [9.17, 15) is 4.79 Å². The quantitative estimate of drug-likeness (QED) is 0.622. The first-order valence-corrected chi connectivity index (χ1v) is 4.32. The fourth-order valence-electron chi connectivity index (χ4n) is 1.55. The Morgan fingerprint density at radius 2 is 2.33 bits per heavy atom. The molecule has 12 heavy (non-hydrogen) atoms. The van der Waals surface area contributed by atoms with Crippen LogP contribution in [0.1, 0.15) is 41.2 Å². The molecular weight excluding hydrogens is 150 g/mol. The number of aldehydes is 1. The molecule has 2 heteroatoms. The van der Waals surface area contributed by atoms with Gasteiger partial charge < -0.3 is 0 Å². The molecule has 0 unspecified atom stereocenters. The summed E-state index contributed by atoms with van der Waals surface area (Å²) >= 11 is 0. The molecule has 0 spiro atoms. The summed E-state index contributed by atoms with van der Waals surface area (Å²) in [6.45, 7) is 0. The molecule has 1 heterocycles. The van der Waals surface area contributed by atoms with Crippen molar-refractivity contribution in [3.8, 4) is 0 Å². The van der Waals surface area contributed by atoms with Crippen LogP contribution in [0.15, 0.2) is 18.3 Å². The Labute approximate surface area is 71.6 Å². The van der Waals surface area contributed by atoms with Crippen molar-refractivity contribution in [2.75, 3.05) is 0 Å². The molecule has 1 fully saturated rings. The van der Waals surface area contributed by atoms with Gasteiger partial charge in [0.05, 0.1) is 5.69 Å². The third kappa shape index (κ3) is 1.13. The van der Waals surface area contributed by atoms with Gasteiger partial charge in [-0.3, -0.25) is 9.78 Å². The van der Waals surface area contributed by atoms with Gasteiger partial charge >= 0.3 is 0 Å². The van der Waals surface area contributed by atoms with Crippen molar-refractivity contribution in [1.29, 1.82) is 0 Å². The van der Waals surface area contributed by atoms with E-state index >= 15 is 0 Å². The lowest BCUT2D eigenvalue weighted by atomic mass is 9.81. The zero-order valence-electron chi connectivity index (χ0n) is 6.86. The maximum absolute atomic E-state index is 10.6. The van der Waals surface area contributed by atoms with Gasteiger partial charge in [0.25, 0.3) is 0 Å². The summed E-state index contributed by atoms with van der Waals surface area (Å²) in [4.78, 5) is 14.9. The normalized spacial score (nSPS) is 17.0. The van der Waals surface area contributed by atoms with E-state index in [4.69, 9.17) is 0 Å². The topological polar surface area (TPSA) is 30.0 Å². The Morgan fingerprint density at radius 1 is 1.50 bits per heavy atom. The van der Waals surface area contributed by atoms with Gasteiger partial charge in [-0.15, -0.1) is 0 Å². The molecule has 2 nitrogen and oxygen atoms in total. The van der Waals surface area contributed by atoms with E-state index in [1.807, 2.05) is 12.1 Å². The highest BCUT2D eigenvalue weighted by molar-refractivity contribution is 5.76. The Morgan fingerprint density at radius 3 is 2.92 bits per heavy atom. The van der Waals surface area contributed by atoms with Crippen LogP contribution in [-0.2, 0) is 0 Å². The van der Waals surface area contributed by atoms with E-state index in [0.29, 0.717) is 5.92 Å². The van der Waals surface area contributed by atoms with Crippen LogP contribution >= 0.6 is 0 Å². The summed E-state index contributed by atoms with van der Waals surface area (Å²) in [5, 5.41) is 0. The minimum Gasteiger partial charge on any atom is -0.298 e. The molecule has 1 aromatic heterocycles. The molecule has 1 aromatic rings. The number of pyridine rings is 1. The highest BCUT2D eigenvalue weighted by atomic mass is 16.1. The van der Waals surface area contributed by atoms with Crippen LogP contribution in [0.5, 0.6) is 0 Å². The zero-order valence-corrected chi connectivity index (χ0v) is 6.86. The van der Waals surface area contributed by atoms with Crippen molar-refractivity contribution < 1.29 is 4.79 Å². The molecule has 1 aliphatic rings. The van der Waals surface area contributed by atoms with Gasteiger partial charge in [-0.25, -0.2) is 0 Å². The van der Waals surface area contributed by atoms with Crippen LogP contribution < -0.4 is 0 Å². The Balaban J connectivity index is 2.33. The van der Waals surface area contributed by atoms with E-state index in [-0.39, 0.29) is 0 Å². The second kappa shape index (κ2) is 3.05. The van der Waals surface area contributed by atoms with Crippen LogP contribution in [0.2, 0.25) is 0 Å². The van der Waals surface area contributed by atoms with E-state index < -0.39 is 0 Å². The molecule has 0 amide bonds. The molecule has 0 aliphatic heterocycles. The third-order valence-corrected chi connectivity index (χ3v) is 2.49. The summed E-state index contributed by atoms with van der Waals surface area (Å²) in [6, 6.07) is 3.65. The SMILES string of the molecule is O=Cc1cccnc1C1CCC1. The number of aromatic nitrogens is 1. The van der Waals surface area contributed by atoms with Crippen molar-refractivity contribution in [2.45, 2.75) is 25.2 Å². The van der Waals surface area contributed by atoms with Crippen molar-refractivity contribution in [3.63, 3.8) is 0 Å². The number of carbonyl (C=O) groups excluding carboxylic acids is 1. The molecule has 1 saturated carbocycles. The predicted octanol–water partition coefficient (Wildman–Crippen LogP) is 2.16. The lowest BCUT2D eigenvalue weighted by Crippen LogP contribution is -2.12. The molecular formula is C10H11NO. The predicted molar refractivity (Wildman–Crippen MR) is 46.2 cm³/mol. The fourth-order valence-corrected chi connectivity index (χ4v) is 1.55. The van der Waals surface area contributed by atoms with E-state index in [1.54, 1.807) is 6.20 Å². The van der Waals surface area contributed by atoms with Crippen molar-refractivity contribution >= 4 is 6.29 Å². The molecule has 0 bridgehead atoms. The Bertz CT molecular complexity index is 292. The molecule has 62 valence electrons. The first-order chi connectivity index (χ1) is 5.92. The molecule has 0 aromatic carbocycles. The number of nitrogens with zero attached hydrogens (tertiary/aromatic N) is 1. The Hall–Kier alpha value is -1.18. The van der Waals surface area contributed by atoms with Crippen LogP contribution in [0.25, 0.3) is 0 Å². The average Bonchev–Trinajstić information content (AvgIpc) is 2.02. The molecule has 0 atom stereocenters. The van der Waals surface area contributed by atoms with E-state index in [2.05, 4.69) is 4.98 Å². The van der Waals surface area contributed by atoms with Crippen molar-refractivity contribution in [3.05, 3.63) is 29.6 Å². The zero-order chi connectivity index (χ0) is 8.39. The van der Waals surface area contributed by atoms with Gasteiger partial charge in [-0.1, -0.05) is 6.42 Å². The molecule has 1 aliphatic carbocycles. The Kier molecular flexibility index (Phi) is 1.90. The second-order valence-electron chi connectivity index (χ2n) is 3.22. The first-order valence-electron chi connectivity index (χ1n) is 4.32. The maximum atomic E-state index is 10.6. The van der Waals surface area contributed by atoms with Gasteiger partial charge in [0, 0.05) is 17.7 Å². The third-order valence-electron chi connectivity index (χ3n) is 2.49.